The highest BCUT2D eigenvalue weighted by molar-refractivity contribution is 7.90. The predicted octanol–water partition coefficient (Wildman–Crippen LogP) is 1.53. The minimum atomic E-state index is -3.57. The lowest BCUT2D eigenvalue weighted by Gasteiger charge is -2.47. The first-order chi connectivity index (χ1) is 14.6. The van der Waals surface area contributed by atoms with Crippen LogP contribution in [0.5, 0.6) is 0 Å². The number of imide groups is 1. The Kier molecular flexibility index (Phi) is 5.55. The number of anilines is 1. The van der Waals surface area contributed by atoms with E-state index in [1.165, 1.54) is 11.9 Å². The van der Waals surface area contributed by atoms with Crippen molar-refractivity contribution >= 4 is 33.6 Å². The van der Waals surface area contributed by atoms with Crippen molar-refractivity contribution in [3.8, 4) is 0 Å². The van der Waals surface area contributed by atoms with Crippen molar-refractivity contribution in [2.24, 2.45) is 5.92 Å². The molecule has 1 aliphatic heterocycles. The maximum atomic E-state index is 12.9. The van der Waals surface area contributed by atoms with Crippen LogP contribution in [0.1, 0.15) is 39.0 Å². The quantitative estimate of drug-likeness (QED) is 0.685. The van der Waals surface area contributed by atoms with E-state index in [0.717, 1.165) is 17.7 Å². The van der Waals surface area contributed by atoms with Crippen molar-refractivity contribution in [1.29, 1.82) is 0 Å². The number of nitrogens with zero attached hydrogens (tertiary/aromatic N) is 2. The van der Waals surface area contributed by atoms with Gasteiger partial charge in [-0.25, -0.2) is 17.9 Å². The normalized spacial score (nSPS) is 27.6. The molecule has 0 bridgehead atoms. The zero-order chi connectivity index (χ0) is 22.4. The van der Waals surface area contributed by atoms with Gasteiger partial charge in [-0.3, -0.25) is 14.5 Å². The Bertz CT molecular complexity index is 992. The number of rotatable bonds is 6. The third-order valence-corrected chi connectivity index (χ3v) is 8.63. The van der Waals surface area contributed by atoms with Crippen LogP contribution in [0.25, 0.3) is 0 Å². The van der Waals surface area contributed by atoms with Gasteiger partial charge in [-0.1, -0.05) is 18.2 Å². The minimum absolute atomic E-state index is 0.142. The Hall–Kier alpha value is -2.46. The lowest BCUT2D eigenvalue weighted by molar-refractivity contribution is -0.140. The number of sulfonamides is 1. The van der Waals surface area contributed by atoms with Crippen molar-refractivity contribution in [3.63, 3.8) is 0 Å². The van der Waals surface area contributed by atoms with Gasteiger partial charge in [0.25, 0.3) is 0 Å². The molecule has 9 nitrogen and oxygen atoms in total. The Morgan fingerprint density at radius 2 is 1.84 bits per heavy atom. The van der Waals surface area contributed by atoms with Gasteiger partial charge in [0.2, 0.25) is 21.8 Å². The average molecular weight is 449 g/mol. The summed E-state index contributed by atoms with van der Waals surface area (Å²) in [6.45, 7) is 1.68. The monoisotopic (exact) mass is 448 g/mol. The van der Waals surface area contributed by atoms with E-state index < -0.39 is 33.3 Å². The highest BCUT2D eigenvalue weighted by Gasteiger charge is 2.51. The van der Waals surface area contributed by atoms with E-state index in [1.807, 2.05) is 13.0 Å². The van der Waals surface area contributed by atoms with E-state index in [9.17, 15) is 22.8 Å². The first-order valence-corrected chi connectivity index (χ1v) is 12.1. The number of carbonyl (C=O) groups is 3. The standard InChI is InChI=1S/C21H28N4O5S/c1-21(10-11-21)23-31(29,30)15-8-9-17-16(12-15)19(27)24(2)20(28)25(17)13-18(26)22-14-6-4-3-5-7-14/h3-7,15-17,23H,8-13H2,1-2H3,(H,22,26). The SMILES string of the molecule is CN1C(=O)C2CC(S(=O)(=O)NC3(C)CC3)CCC2N(CC(=O)Nc2ccccc2)C1=O. The van der Waals surface area contributed by atoms with Gasteiger partial charge in [-0.05, 0) is 51.2 Å². The molecule has 2 N–H and O–H groups in total. The number of hydrogen-bond acceptors (Lipinski definition) is 5. The molecule has 2 aliphatic carbocycles. The molecule has 3 atom stereocenters. The number of nitrogens with one attached hydrogen (secondary N) is 2. The number of urea groups is 1. The predicted molar refractivity (Wildman–Crippen MR) is 115 cm³/mol. The van der Waals surface area contributed by atoms with Crippen molar-refractivity contribution in [1.82, 2.24) is 14.5 Å². The summed E-state index contributed by atoms with van der Waals surface area (Å²) in [5.41, 5.74) is 0.244. The summed E-state index contributed by atoms with van der Waals surface area (Å²) in [6.07, 6.45) is 2.46. The fourth-order valence-electron chi connectivity index (χ4n) is 4.49. The molecule has 3 fully saturated rings. The first-order valence-electron chi connectivity index (χ1n) is 10.6. The largest absolute Gasteiger partial charge is 0.327 e. The average Bonchev–Trinajstić information content (AvgIpc) is 3.45. The van der Waals surface area contributed by atoms with E-state index in [0.29, 0.717) is 18.5 Å². The minimum Gasteiger partial charge on any atom is -0.325 e. The van der Waals surface area contributed by atoms with Gasteiger partial charge in [0, 0.05) is 24.3 Å². The molecule has 168 valence electrons. The second kappa shape index (κ2) is 7.90. The molecule has 4 amide bonds. The van der Waals surface area contributed by atoms with Crippen LogP contribution in [-0.4, -0.2) is 66.5 Å². The van der Waals surface area contributed by atoms with Crippen LogP contribution in [0.2, 0.25) is 0 Å². The van der Waals surface area contributed by atoms with E-state index in [1.54, 1.807) is 24.3 Å². The Labute approximate surface area is 182 Å². The molecule has 0 aromatic heterocycles. The summed E-state index contributed by atoms with van der Waals surface area (Å²) >= 11 is 0. The molecule has 3 unspecified atom stereocenters. The summed E-state index contributed by atoms with van der Waals surface area (Å²) in [5, 5.41) is 2.07. The molecule has 2 saturated carbocycles. The van der Waals surface area contributed by atoms with Gasteiger partial charge >= 0.3 is 6.03 Å². The number of carbonyl (C=O) groups excluding carboxylic acids is 3. The van der Waals surface area contributed by atoms with E-state index in [4.69, 9.17) is 0 Å². The topological polar surface area (TPSA) is 116 Å². The van der Waals surface area contributed by atoms with Crippen LogP contribution in [0, 0.1) is 5.92 Å². The molecule has 0 spiro atoms. The van der Waals surface area contributed by atoms with Gasteiger partial charge in [0.05, 0.1) is 11.2 Å². The molecule has 1 aromatic rings. The van der Waals surface area contributed by atoms with Gasteiger partial charge in [0.1, 0.15) is 6.54 Å². The van der Waals surface area contributed by atoms with Crippen LogP contribution in [0.4, 0.5) is 10.5 Å². The highest BCUT2D eigenvalue weighted by atomic mass is 32.2. The van der Waals surface area contributed by atoms with Gasteiger partial charge in [0.15, 0.2) is 0 Å². The third kappa shape index (κ3) is 4.45. The molecule has 0 radical (unpaired) electrons. The van der Waals surface area contributed by atoms with Crippen molar-refractivity contribution < 1.29 is 22.8 Å². The fraction of sp³-hybridized carbons (Fsp3) is 0.571. The molecule has 1 heterocycles. The van der Waals surface area contributed by atoms with Crippen molar-refractivity contribution in [2.45, 2.75) is 55.9 Å². The second-order valence-corrected chi connectivity index (χ2v) is 11.0. The second-order valence-electron chi connectivity index (χ2n) is 9.04. The number of amides is 4. The molecule has 4 rings (SSSR count). The summed E-state index contributed by atoms with van der Waals surface area (Å²) in [6, 6.07) is 7.90. The van der Waals surface area contributed by atoms with Gasteiger partial charge < -0.3 is 10.2 Å². The van der Waals surface area contributed by atoms with Crippen molar-refractivity contribution in [2.75, 3.05) is 18.9 Å². The van der Waals surface area contributed by atoms with Crippen molar-refractivity contribution in [3.05, 3.63) is 30.3 Å². The van der Waals surface area contributed by atoms with E-state index in [2.05, 4.69) is 10.0 Å². The van der Waals surface area contributed by atoms with Crippen LogP contribution in [0.3, 0.4) is 0 Å². The maximum absolute atomic E-state index is 12.9. The summed E-state index contributed by atoms with van der Waals surface area (Å²) in [4.78, 5) is 40.6. The molecule has 3 aliphatic rings. The molecule has 1 aromatic carbocycles. The Morgan fingerprint density at radius 1 is 1.16 bits per heavy atom. The van der Waals surface area contributed by atoms with Crippen LogP contribution < -0.4 is 10.0 Å². The molecular formula is C21H28N4O5S. The maximum Gasteiger partial charge on any atom is 0.327 e. The summed E-state index contributed by atoms with van der Waals surface area (Å²) < 4.78 is 28.5. The Morgan fingerprint density at radius 3 is 2.48 bits per heavy atom. The van der Waals surface area contributed by atoms with Crippen LogP contribution >= 0.6 is 0 Å². The zero-order valence-electron chi connectivity index (χ0n) is 17.7. The third-order valence-electron chi connectivity index (χ3n) is 6.55. The van der Waals surface area contributed by atoms with Crippen LogP contribution in [-0.2, 0) is 19.6 Å². The molecule has 10 heteroatoms. The van der Waals surface area contributed by atoms with Crippen LogP contribution in [0.15, 0.2) is 30.3 Å². The van der Waals surface area contributed by atoms with E-state index in [-0.39, 0.29) is 30.3 Å². The molecular weight excluding hydrogens is 420 g/mol. The van der Waals surface area contributed by atoms with Gasteiger partial charge in [-0.2, -0.15) is 0 Å². The van der Waals surface area contributed by atoms with Gasteiger partial charge in [-0.15, -0.1) is 0 Å². The number of hydrogen-bond donors (Lipinski definition) is 2. The van der Waals surface area contributed by atoms with E-state index >= 15 is 0 Å². The highest BCUT2D eigenvalue weighted by Crippen LogP contribution is 2.39. The number of fused-ring (bicyclic) bond motifs is 1. The zero-order valence-corrected chi connectivity index (χ0v) is 18.5. The summed E-state index contributed by atoms with van der Waals surface area (Å²) in [5.74, 6) is -1.39. The first kappa shape index (κ1) is 21.8. The lowest BCUT2D eigenvalue weighted by atomic mass is 9.81. The smallest absolute Gasteiger partial charge is 0.325 e. The number of benzene rings is 1. The fourth-order valence-corrected chi connectivity index (χ4v) is 6.46. The Balaban J connectivity index is 1.48. The number of para-hydroxylation sites is 1. The molecule has 31 heavy (non-hydrogen) atoms. The lowest BCUT2D eigenvalue weighted by Crippen LogP contribution is -2.64. The summed E-state index contributed by atoms with van der Waals surface area (Å²) in [7, 11) is -2.19. The molecule has 1 saturated heterocycles.